The van der Waals surface area contributed by atoms with Crippen molar-refractivity contribution in [3.05, 3.63) is 16.8 Å². The molecule has 0 N–H and O–H groups in total. The Bertz CT molecular complexity index is 244. The minimum absolute atomic E-state index is 0.138. The lowest BCUT2D eigenvalue weighted by Crippen LogP contribution is -2.21. The second-order valence-electron chi connectivity index (χ2n) is 3.34. The Morgan fingerprint density at radius 3 is 2.45 bits per heavy atom. The van der Waals surface area contributed by atoms with Gasteiger partial charge in [0.1, 0.15) is 0 Å². The van der Waals surface area contributed by atoms with Gasteiger partial charge in [0.05, 0.1) is 10.8 Å². The lowest BCUT2D eigenvalue weighted by atomic mass is 10.3. The fourth-order valence-corrected chi connectivity index (χ4v) is 2.73. The minimum Gasteiger partial charge on any atom is -0.254 e. The molecule has 1 aromatic rings. The molecule has 0 radical (unpaired) electrons. The quantitative estimate of drug-likeness (QED) is 0.662. The molecule has 0 spiro atoms. The first-order valence-electron chi connectivity index (χ1n) is 3.46. The van der Waals surface area contributed by atoms with E-state index in [1.165, 1.54) is 0 Å². The molecule has 3 heteroatoms. The molecule has 1 aromatic heterocycles. The Kier molecular flexibility index (Phi) is 2.50. The molecule has 62 valence electrons. The second kappa shape index (κ2) is 3.07. The van der Waals surface area contributed by atoms with E-state index < -0.39 is 10.8 Å². The van der Waals surface area contributed by atoms with Crippen LogP contribution in [-0.4, -0.2) is 8.96 Å². The Morgan fingerprint density at radius 2 is 2.09 bits per heavy atom. The zero-order valence-electron chi connectivity index (χ0n) is 6.96. The number of hydrogen-bond acceptors (Lipinski definition) is 2. The van der Waals surface area contributed by atoms with Crippen molar-refractivity contribution in [3.8, 4) is 0 Å². The molecule has 1 rings (SSSR count). The van der Waals surface area contributed by atoms with E-state index in [9.17, 15) is 4.21 Å². The van der Waals surface area contributed by atoms with Crippen molar-refractivity contribution in [1.82, 2.24) is 0 Å². The monoisotopic (exact) mass is 188 g/mol. The average molecular weight is 188 g/mol. The molecule has 0 saturated heterocycles. The van der Waals surface area contributed by atoms with E-state index in [4.69, 9.17) is 0 Å². The molecule has 11 heavy (non-hydrogen) atoms. The number of hydrogen-bond donors (Lipinski definition) is 0. The van der Waals surface area contributed by atoms with Crippen LogP contribution in [-0.2, 0) is 10.8 Å². The molecule has 0 aromatic carbocycles. The first-order chi connectivity index (χ1) is 5.02. The van der Waals surface area contributed by atoms with Gasteiger partial charge >= 0.3 is 0 Å². The standard InChI is InChI=1S/C8H12OS2/c1-8(2,3)11(9)7-4-5-10-6-7/h4-6H,1-3H3. The summed E-state index contributed by atoms with van der Waals surface area (Å²) in [6, 6.07) is 1.92. The largest absolute Gasteiger partial charge is 0.254 e. The maximum absolute atomic E-state index is 11.6. The van der Waals surface area contributed by atoms with E-state index in [0.29, 0.717) is 0 Å². The summed E-state index contributed by atoms with van der Waals surface area (Å²) in [6.45, 7) is 5.96. The Labute approximate surface area is 73.9 Å². The van der Waals surface area contributed by atoms with Crippen LogP contribution in [0.15, 0.2) is 21.7 Å². The molecule has 1 atom stereocenters. The normalized spacial score (nSPS) is 14.8. The minimum atomic E-state index is -0.859. The average Bonchev–Trinajstić information content (AvgIpc) is 2.34. The van der Waals surface area contributed by atoms with Crippen LogP contribution in [0.25, 0.3) is 0 Å². The number of rotatable bonds is 1. The van der Waals surface area contributed by atoms with Crippen LogP contribution in [0.5, 0.6) is 0 Å². The van der Waals surface area contributed by atoms with E-state index in [0.717, 1.165) is 4.90 Å². The van der Waals surface area contributed by atoms with E-state index >= 15 is 0 Å². The second-order valence-corrected chi connectivity index (χ2v) is 6.35. The van der Waals surface area contributed by atoms with E-state index in [1.54, 1.807) is 11.3 Å². The van der Waals surface area contributed by atoms with Gasteiger partial charge in [0.25, 0.3) is 0 Å². The van der Waals surface area contributed by atoms with Gasteiger partial charge in [-0.05, 0) is 32.2 Å². The first-order valence-corrected chi connectivity index (χ1v) is 5.55. The smallest absolute Gasteiger partial charge is 0.0592 e. The van der Waals surface area contributed by atoms with Crippen molar-refractivity contribution < 1.29 is 4.21 Å². The van der Waals surface area contributed by atoms with Crippen LogP contribution in [0, 0.1) is 0 Å². The fraction of sp³-hybridized carbons (Fsp3) is 0.500. The van der Waals surface area contributed by atoms with Gasteiger partial charge < -0.3 is 0 Å². The lowest BCUT2D eigenvalue weighted by molar-refractivity contribution is 0.649. The highest BCUT2D eigenvalue weighted by Crippen LogP contribution is 2.21. The van der Waals surface area contributed by atoms with Gasteiger partial charge in [-0.1, -0.05) is 0 Å². The van der Waals surface area contributed by atoms with Crippen LogP contribution >= 0.6 is 11.3 Å². The third-order valence-corrected chi connectivity index (χ3v) is 3.89. The third-order valence-electron chi connectivity index (χ3n) is 1.27. The molecule has 0 amide bonds. The molecule has 1 nitrogen and oxygen atoms in total. The van der Waals surface area contributed by atoms with Gasteiger partial charge in [-0.2, -0.15) is 11.3 Å². The maximum atomic E-state index is 11.6. The predicted octanol–water partition coefficient (Wildman–Crippen LogP) is 2.65. The van der Waals surface area contributed by atoms with Crippen molar-refractivity contribution >= 4 is 22.1 Å². The topological polar surface area (TPSA) is 17.1 Å². The molecule has 0 fully saturated rings. The highest BCUT2D eigenvalue weighted by atomic mass is 32.2. The van der Waals surface area contributed by atoms with Crippen LogP contribution in [0.1, 0.15) is 20.8 Å². The molecule has 0 aliphatic carbocycles. The Morgan fingerprint density at radius 1 is 1.45 bits per heavy atom. The molecule has 0 saturated carbocycles. The van der Waals surface area contributed by atoms with Crippen molar-refractivity contribution in [2.75, 3.05) is 0 Å². The van der Waals surface area contributed by atoms with Crippen molar-refractivity contribution in [3.63, 3.8) is 0 Å². The van der Waals surface area contributed by atoms with Gasteiger partial charge in [-0.25, -0.2) is 0 Å². The van der Waals surface area contributed by atoms with Crippen molar-refractivity contribution in [1.29, 1.82) is 0 Å². The summed E-state index contributed by atoms with van der Waals surface area (Å²) in [4.78, 5) is 0.947. The lowest BCUT2D eigenvalue weighted by Gasteiger charge is -2.15. The van der Waals surface area contributed by atoms with Gasteiger partial charge in [-0.15, -0.1) is 0 Å². The van der Waals surface area contributed by atoms with Crippen LogP contribution < -0.4 is 0 Å². The zero-order valence-corrected chi connectivity index (χ0v) is 8.59. The van der Waals surface area contributed by atoms with Gasteiger partial charge in [0.2, 0.25) is 0 Å². The molecule has 0 aliphatic heterocycles. The Hall–Kier alpha value is -0.150. The summed E-state index contributed by atoms with van der Waals surface area (Å²) in [6.07, 6.45) is 0. The van der Waals surface area contributed by atoms with E-state index in [2.05, 4.69) is 0 Å². The summed E-state index contributed by atoms with van der Waals surface area (Å²) in [5, 5.41) is 3.90. The highest BCUT2D eigenvalue weighted by Gasteiger charge is 2.20. The van der Waals surface area contributed by atoms with Gasteiger partial charge in [0, 0.05) is 15.0 Å². The van der Waals surface area contributed by atoms with Crippen LogP contribution in [0.3, 0.4) is 0 Å². The summed E-state index contributed by atoms with van der Waals surface area (Å²) in [5.41, 5.74) is 0. The van der Waals surface area contributed by atoms with Gasteiger partial charge in [-0.3, -0.25) is 4.21 Å². The molecular weight excluding hydrogens is 176 g/mol. The molecule has 0 bridgehead atoms. The van der Waals surface area contributed by atoms with E-state index in [-0.39, 0.29) is 4.75 Å². The maximum Gasteiger partial charge on any atom is 0.0592 e. The molecule has 1 unspecified atom stereocenters. The fourth-order valence-electron chi connectivity index (χ4n) is 0.711. The van der Waals surface area contributed by atoms with Crippen LogP contribution in [0.4, 0.5) is 0 Å². The third kappa shape index (κ3) is 2.14. The molecular formula is C8H12OS2. The SMILES string of the molecule is CC(C)(C)S(=O)c1ccsc1. The Balaban J connectivity index is 2.88. The summed E-state index contributed by atoms with van der Waals surface area (Å²) in [5.74, 6) is 0. The number of thiophene rings is 1. The molecule has 1 heterocycles. The molecule has 0 aliphatic rings. The van der Waals surface area contributed by atoms with Crippen molar-refractivity contribution in [2.45, 2.75) is 30.4 Å². The van der Waals surface area contributed by atoms with Crippen LogP contribution in [0.2, 0.25) is 0 Å². The zero-order chi connectivity index (χ0) is 8.48. The predicted molar refractivity (Wildman–Crippen MR) is 50.5 cm³/mol. The summed E-state index contributed by atoms with van der Waals surface area (Å²) >= 11 is 1.59. The van der Waals surface area contributed by atoms with Gasteiger partial charge in [0.15, 0.2) is 0 Å². The van der Waals surface area contributed by atoms with E-state index in [1.807, 2.05) is 37.6 Å². The summed E-state index contributed by atoms with van der Waals surface area (Å²) in [7, 11) is -0.859. The summed E-state index contributed by atoms with van der Waals surface area (Å²) < 4.78 is 11.5. The highest BCUT2D eigenvalue weighted by molar-refractivity contribution is 7.86. The first kappa shape index (κ1) is 8.94. The van der Waals surface area contributed by atoms with Crippen molar-refractivity contribution in [2.24, 2.45) is 0 Å².